The normalized spacial score (nSPS) is 16.7. The summed E-state index contributed by atoms with van der Waals surface area (Å²) in [4.78, 5) is 54.4. The van der Waals surface area contributed by atoms with E-state index in [9.17, 15) is 27.6 Å². The lowest BCUT2D eigenvalue weighted by molar-refractivity contribution is -0.122. The molecule has 4 unspecified atom stereocenters. The van der Waals surface area contributed by atoms with Crippen LogP contribution in [0.15, 0.2) is 125 Å². The van der Waals surface area contributed by atoms with Gasteiger partial charge in [-0.3, -0.25) is 19.1 Å². The number of benzene rings is 5. The highest BCUT2D eigenvalue weighted by Crippen LogP contribution is 2.51. The molecule has 23 heteroatoms. The van der Waals surface area contributed by atoms with E-state index in [1.54, 1.807) is 26.4 Å². The van der Waals surface area contributed by atoms with Gasteiger partial charge in [0.05, 0.1) is 45.3 Å². The Morgan fingerprint density at radius 2 is 1.40 bits per heavy atom. The molecule has 510 valence electrons. The minimum atomic E-state index is -3.61. The van der Waals surface area contributed by atoms with Crippen LogP contribution < -0.4 is 46.4 Å². The number of carbonyl (C=O) groups is 3. The number of ether oxygens (including phenoxy) is 4. The van der Waals surface area contributed by atoms with Gasteiger partial charge in [0.15, 0.2) is 0 Å². The minimum absolute atomic E-state index is 0.0515. The van der Waals surface area contributed by atoms with Crippen molar-refractivity contribution in [3.05, 3.63) is 165 Å². The van der Waals surface area contributed by atoms with Crippen LogP contribution in [0.4, 0.5) is 11.4 Å². The fourth-order valence-electron chi connectivity index (χ4n) is 13.5. The van der Waals surface area contributed by atoms with E-state index < -0.39 is 54.1 Å². The Hall–Kier alpha value is -7.40. The molecule has 3 amide bonds. The molecule has 4 atom stereocenters. The number of hydrogen-bond acceptors (Lipinski definition) is 16. The maximum atomic E-state index is 13.2. The molecular weight excluding hydrogens is 1250 g/mol. The summed E-state index contributed by atoms with van der Waals surface area (Å²) >= 11 is 0. The first-order valence-corrected chi connectivity index (χ1v) is 36.4. The summed E-state index contributed by atoms with van der Waals surface area (Å²) < 4.78 is 77.7. The Labute approximate surface area is 559 Å². The number of amides is 3. The minimum Gasteiger partial charge on any atom is -0.497 e. The molecule has 3 aliphatic heterocycles. The van der Waals surface area contributed by atoms with Crippen LogP contribution in [0.25, 0.3) is 21.9 Å². The first-order chi connectivity index (χ1) is 45.9. The van der Waals surface area contributed by atoms with E-state index in [-0.39, 0.29) is 55.8 Å². The molecule has 2 aromatic heterocycles. The summed E-state index contributed by atoms with van der Waals surface area (Å²) in [5, 5.41) is 10.3. The smallest absolute Gasteiger partial charge is 0.349 e. The second-order valence-electron chi connectivity index (χ2n) is 25.3. The van der Waals surface area contributed by atoms with Crippen LogP contribution in [0.3, 0.4) is 0 Å². The molecule has 5 aromatic carbocycles. The van der Waals surface area contributed by atoms with Crippen molar-refractivity contribution in [1.82, 2.24) is 25.2 Å². The number of aromatic nitrogens is 1. The number of aryl methyl sites for hydroxylation is 3. The molecule has 1 fully saturated rings. The lowest BCUT2D eigenvalue weighted by Crippen LogP contribution is -2.39. The fourth-order valence-corrected chi connectivity index (χ4v) is 15.8. The van der Waals surface area contributed by atoms with Gasteiger partial charge in [-0.1, -0.05) is 67.4 Å². The monoisotopic (exact) mass is 1340 g/mol. The van der Waals surface area contributed by atoms with Crippen molar-refractivity contribution in [3.63, 3.8) is 0 Å². The van der Waals surface area contributed by atoms with Gasteiger partial charge >= 0.3 is 5.63 Å². The fraction of sp³-hybridized carbons (Fsp3) is 0.472. The van der Waals surface area contributed by atoms with Gasteiger partial charge in [0.1, 0.15) is 40.6 Å². The zero-order chi connectivity index (χ0) is 67.2. The van der Waals surface area contributed by atoms with Crippen molar-refractivity contribution in [2.75, 3.05) is 82.6 Å². The van der Waals surface area contributed by atoms with E-state index in [4.69, 9.17) is 38.1 Å². The first-order valence-electron chi connectivity index (χ1n) is 33.4. The van der Waals surface area contributed by atoms with Crippen molar-refractivity contribution in [2.24, 2.45) is 5.73 Å². The third-order valence-electron chi connectivity index (χ3n) is 17.8. The van der Waals surface area contributed by atoms with E-state index in [1.165, 1.54) is 11.3 Å². The average Bonchev–Trinajstić information content (AvgIpc) is 0.859. The maximum absolute atomic E-state index is 13.2. The SMILES string of the molecule is COc1ccc(C(OCC2OC(n3cc(CCCNC(=O)CCCCCCC(=O)NCCNC(=O)c4cc5cc6c7c(c5oc4=O)CCCN7CCC6)c4cc(NS(C)(=O)=O)ccc43)CC2OP(OCCN)N(C(C)C)C(C)C)(c2ccccc2)c2ccc(OC)cc2)cc1. The Bertz CT molecular complexity index is 3870. The lowest BCUT2D eigenvalue weighted by Gasteiger charge is -2.39. The van der Waals surface area contributed by atoms with Crippen LogP contribution in [0.5, 0.6) is 11.5 Å². The predicted octanol–water partition coefficient (Wildman–Crippen LogP) is 10.8. The standard InChI is InChI=1S/C72H93N8O13PS/c1-48(2)80(49(3)4)94(90-41-35-73)93-63-45-67(91-64(63)47-89-72(53-20-11-10-12-21-53,54-25-30-57(87-5)31-26-54)55-27-32-58(88-6)33-28-55)79-46-51(60-44-56(29-34-62(60)79)77-95(7,85)86)18-15-36-74-65(81)23-13-8-9-14-24-66(82)75-37-38-76-70(83)61-43-52-42-50-19-16-39-78-40-17-22-59(68(50)78)69(52)92-71(61)84/h10-12,20-21,25-34,42-44,46,48-49,63-64,67,77H,8-9,13-19,22-24,35-41,45,47,73H2,1-7H3,(H,74,81)(H,75,82)(H,76,83). The quantitative estimate of drug-likeness (QED) is 0.0109. The van der Waals surface area contributed by atoms with Crippen molar-refractivity contribution < 1.29 is 55.2 Å². The summed E-state index contributed by atoms with van der Waals surface area (Å²) in [5.41, 5.74) is 13.0. The number of carbonyl (C=O) groups excluding carboxylic acids is 3. The van der Waals surface area contributed by atoms with Crippen LogP contribution in [-0.2, 0) is 63.0 Å². The predicted molar refractivity (Wildman–Crippen MR) is 372 cm³/mol. The van der Waals surface area contributed by atoms with Gasteiger partial charge in [-0.15, -0.1) is 0 Å². The number of hydrogen-bond donors (Lipinski definition) is 5. The van der Waals surface area contributed by atoms with Crippen LogP contribution in [0.2, 0.25) is 0 Å². The van der Waals surface area contributed by atoms with Gasteiger partial charge in [0, 0.05) is 105 Å². The molecule has 7 aromatic rings. The highest BCUT2D eigenvalue weighted by Gasteiger charge is 2.45. The maximum Gasteiger partial charge on any atom is 0.349 e. The van der Waals surface area contributed by atoms with Crippen molar-refractivity contribution in [1.29, 1.82) is 0 Å². The third kappa shape index (κ3) is 17.2. The van der Waals surface area contributed by atoms with Crippen LogP contribution in [0.1, 0.15) is 142 Å². The molecule has 1 saturated heterocycles. The van der Waals surface area contributed by atoms with Gasteiger partial charge < -0.3 is 63.6 Å². The highest BCUT2D eigenvalue weighted by atomic mass is 32.2. The number of nitrogens with zero attached hydrogens (tertiary/aromatic N) is 3. The topological polar surface area (TPSA) is 256 Å². The number of sulfonamides is 1. The van der Waals surface area contributed by atoms with Gasteiger partial charge in [0.2, 0.25) is 21.8 Å². The second-order valence-corrected chi connectivity index (χ2v) is 28.5. The van der Waals surface area contributed by atoms with E-state index in [0.717, 1.165) is 102 Å². The summed E-state index contributed by atoms with van der Waals surface area (Å²) in [7, 11) is -1.99. The van der Waals surface area contributed by atoms with Crippen LogP contribution in [-0.4, -0.2) is 133 Å². The zero-order valence-electron chi connectivity index (χ0n) is 55.8. The molecule has 0 spiro atoms. The largest absolute Gasteiger partial charge is 0.497 e. The summed E-state index contributed by atoms with van der Waals surface area (Å²) in [6.07, 6.45) is 10.3. The summed E-state index contributed by atoms with van der Waals surface area (Å²) in [6, 6.07) is 35.2. The highest BCUT2D eigenvalue weighted by molar-refractivity contribution is 7.92. The Morgan fingerprint density at radius 3 is 2.03 bits per heavy atom. The van der Waals surface area contributed by atoms with Crippen molar-refractivity contribution >= 4 is 69.5 Å². The van der Waals surface area contributed by atoms with Gasteiger partial charge in [-0.2, -0.15) is 0 Å². The molecule has 6 N–H and O–H groups in total. The Kier molecular flexibility index (Phi) is 24.1. The van der Waals surface area contributed by atoms with E-state index >= 15 is 0 Å². The molecule has 0 radical (unpaired) electrons. The Morgan fingerprint density at radius 1 is 0.768 bits per heavy atom. The van der Waals surface area contributed by atoms with E-state index in [0.29, 0.717) is 80.8 Å². The molecule has 0 aliphatic carbocycles. The molecule has 21 nitrogen and oxygen atoms in total. The molecular formula is C72H93N8O13PS. The van der Waals surface area contributed by atoms with Crippen molar-refractivity contribution in [3.8, 4) is 11.5 Å². The third-order valence-corrected chi connectivity index (χ3v) is 20.6. The lowest BCUT2D eigenvalue weighted by atomic mass is 9.80. The Balaban J connectivity index is 0.764. The second kappa shape index (κ2) is 32.6. The number of unbranched alkanes of at least 4 members (excludes halogenated alkanes) is 3. The number of nitrogens with one attached hydrogen (secondary N) is 4. The van der Waals surface area contributed by atoms with Gasteiger partial charge in [-0.05, 0) is 161 Å². The van der Waals surface area contributed by atoms with Crippen LogP contribution >= 0.6 is 8.53 Å². The van der Waals surface area contributed by atoms with Crippen LogP contribution in [0, 0.1) is 0 Å². The van der Waals surface area contributed by atoms with Gasteiger partial charge in [-0.25, -0.2) is 17.9 Å². The average molecular weight is 1340 g/mol. The molecule has 0 bridgehead atoms. The zero-order valence-corrected chi connectivity index (χ0v) is 57.5. The molecule has 5 heterocycles. The van der Waals surface area contributed by atoms with E-state index in [1.807, 2.05) is 78.9 Å². The van der Waals surface area contributed by atoms with E-state index in [2.05, 4.69) is 86.9 Å². The number of methoxy groups -OCH3 is 2. The molecule has 95 heavy (non-hydrogen) atoms. The van der Waals surface area contributed by atoms with Gasteiger partial charge in [0.25, 0.3) is 14.4 Å². The molecule has 3 aliphatic rings. The molecule has 10 rings (SSSR count). The summed E-state index contributed by atoms with van der Waals surface area (Å²) in [6.45, 7) is 11.9. The number of rotatable bonds is 34. The first kappa shape index (κ1) is 70.4. The summed E-state index contributed by atoms with van der Waals surface area (Å²) in [5.74, 6) is 0.656. The van der Waals surface area contributed by atoms with Crippen molar-refractivity contribution in [2.45, 2.75) is 147 Å². The number of fused-ring (bicyclic) bond motifs is 3. The number of nitrogens with two attached hydrogens (primary N) is 1. The number of anilines is 2. The molecule has 0 saturated carbocycles.